The van der Waals surface area contributed by atoms with E-state index in [1.165, 1.54) is 0 Å². The van der Waals surface area contributed by atoms with Crippen LogP contribution in [0.3, 0.4) is 0 Å². The zero-order valence-electron chi connectivity index (χ0n) is 18.7. The summed E-state index contributed by atoms with van der Waals surface area (Å²) >= 11 is 0. The van der Waals surface area contributed by atoms with Crippen LogP contribution in [-0.2, 0) is 19.1 Å². The summed E-state index contributed by atoms with van der Waals surface area (Å²) in [5.74, 6) is -0.770. The van der Waals surface area contributed by atoms with E-state index in [-0.39, 0.29) is 42.2 Å². The highest BCUT2D eigenvalue weighted by Crippen LogP contribution is 2.42. The smallest absolute Gasteiger partial charge is 0.209 e. The fourth-order valence-electron chi connectivity index (χ4n) is 4.44. The van der Waals surface area contributed by atoms with Gasteiger partial charge in [-0.05, 0) is 63.0 Å². The van der Waals surface area contributed by atoms with Gasteiger partial charge in [0.2, 0.25) is 5.79 Å². The molecular formula is C25H34O5. The maximum absolute atomic E-state index is 12.1. The number of fused-ring (bicyclic) bond motifs is 1. The van der Waals surface area contributed by atoms with Crippen molar-refractivity contribution in [3.8, 4) is 0 Å². The Labute approximate surface area is 179 Å². The van der Waals surface area contributed by atoms with Gasteiger partial charge in [-0.1, -0.05) is 31.1 Å². The topological polar surface area (TPSA) is 72.8 Å². The van der Waals surface area contributed by atoms with Crippen molar-refractivity contribution in [2.24, 2.45) is 11.8 Å². The molecule has 5 heteroatoms. The molecule has 0 saturated carbocycles. The van der Waals surface area contributed by atoms with Gasteiger partial charge in [-0.25, -0.2) is 0 Å². The molecule has 5 nitrogen and oxygen atoms in total. The number of hydrogen-bond donors (Lipinski definition) is 1. The first-order valence-electron chi connectivity index (χ1n) is 10.9. The average molecular weight is 415 g/mol. The van der Waals surface area contributed by atoms with Gasteiger partial charge in [0.15, 0.2) is 5.78 Å². The molecule has 0 aromatic carbocycles. The third kappa shape index (κ3) is 5.08. The second-order valence-electron chi connectivity index (χ2n) is 9.25. The van der Waals surface area contributed by atoms with Gasteiger partial charge in [-0.15, -0.1) is 0 Å². The van der Waals surface area contributed by atoms with E-state index in [0.29, 0.717) is 18.4 Å². The molecule has 0 aromatic rings. The molecule has 2 heterocycles. The minimum atomic E-state index is -1.05. The van der Waals surface area contributed by atoms with Gasteiger partial charge in [0.1, 0.15) is 5.78 Å². The van der Waals surface area contributed by atoms with Crippen molar-refractivity contribution in [2.75, 3.05) is 6.61 Å². The molecule has 1 spiro atoms. The molecule has 3 rings (SSSR count). The van der Waals surface area contributed by atoms with Gasteiger partial charge in [-0.3, -0.25) is 9.59 Å². The van der Waals surface area contributed by atoms with E-state index in [9.17, 15) is 14.7 Å². The maximum Gasteiger partial charge on any atom is 0.209 e. The van der Waals surface area contributed by atoms with E-state index < -0.39 is 5.79 Å². The van der Waals surface area contributed by atoms with Gasteiger partial charge >= 0.3 is 0 Å². The van der Waals surface area contributed by atoms with E-state index in [0.717, 1.165) is 29.6 Å². The Morgan fingerprint density at radius 1 is 1.23 bits per heavy atom. The number of aliphatic hydroxyl groups is 1. The highest BCUT2D eigenvalue weighted by atomic mass is 16.7. The molecule has 2 aliphatic heterocycles. The van der Waals surface area contributed by atoms with Crippen molar-refractivity contribution in [3.63, 3.8) is 0 Å². The number of ether oxygens (including phenoxy) is 2. The predicted octanol–water partition coefficient (Wildman–Crippen LogP) is 4.22. The summed E-state index contributed by atoms with van der Waals surface area (Å²) in [4.78, 5) is 24.1. The normalized spacial score (nSPS) is 32.0. The Hall–Kier alpha value is -1.82. The molecule has 3 aliphatic rings. The fourth-order valence-corrected chi connectivity index (χ4v) is 4.44. The lowest BCUT2D eigenvalue weighted by Gasteiger charge is -2.45. The van der Waals surface area contributed by atoms with Gasteiger partial charge in [0, 0.05) is 24.7 Å². The first-order valence-corrected chi connectivity index (χ1v) is 10.9. The predicted molar refractivity (Wildman–Crippen MR) is 116 cm³/mol. The molecule has 164 valence electrons. The highest BCUT2D eigenvalue weighted by molar-refractivity contribution is 5.96. The first-order chi connectivity index (χ1) is 14.1. The summed E-state index contributed by atoms with van der Waals surface area (Å²) < 4.78 is 12.8. The summed E-state index contributed by atoms with van der Waals surface area (Å²) in [6.45, 7) is 9.62. The summed E-state index contributed by atoms with van der Waals surface area (Å²) in [7, 11) is 0. The second-order valence-corrected chi connectivity index (χ2v) is 9.25. The quantitative estimate of drug-likeness (QED) is 0.659. The van der Waals surface area contributed by atoms with Crippen LogP contribution in [0, 0.1) is 11.8 Å². The Morgan fingerprint density at radius 3 is 2.63 bits per heavy atom. The second kappa shape index (κ2) is 9.13. The summed E-state index contributed by atoms with van der Waals surface area (Å²) in [5.41, 5.74) is 3.76. The van der Waals surface area contributed by atoms with Gasteiger partial charge in [0.25, 0.3) is 0 Å². The SMILES string of the molecule is CC(=CC1CC(C)=CC2(C=C(CO)C3CC(=O)C(C)=CC3O2)O1)CCC(=O)C(C)C. The van der Waals surface area contributed by atoms with Crippen molar-refractivity contribution >= 4 is 11.6 Å². The largest absolute Gasteiger partial charge is 0.392 e. The minimum absolute atomic E-state index is 0.0571. The van der Waals surface area contributed by atoms with Crippen LogP contribution in [0.2, 0.25) is 0 Å². The van der Waals surface area contributed by atoms with Gasteiger partial charge in [0.05, 0.1) is 18.8 Å². The van der Waals surface area contributed by atoms with Crippen LogP contribution in [-0.4, -0.2) is 41.3 Å². The number of rotatable bonds is 6. The molecule has 0 aromatic heterocycles. The molecule has 4 atom stereocenters. The van der Waals surface area contributed by atoms with Crippen LogP contribution in [0.15, 0.2) is 46.6 Å². The van der Waals surface area contributed by atoms with E-state index in [4.69, 9.17) is 9.47 Å². The van der Waals surface area contributed by atoms with Crippen molar-refractivity contribution in [1.82, 2.24) is 0 Å². The number of Topliss-reactive ketones (excluding diaryl/α,β-unsaturated/α-hetero) is 2. The zero-order valence-corrected chi connectivity index (χ0v) is 18.7. The Bertz CT molecular complexity index is 828. The van der Waals surface area contributed by atoms with Crippen molar-refractivity contribution in [3.05, 3.63) is 46.6 Å². The molecule has 0 bridgehead atoms. The van der Waals surface area contributed by atoms with Gasteiger partial charge in [-0.2, -0.15) is 0 Å². The fraction of sp³-hybridized carbons (Fsp3) is 0.600. The highest BCUT2D eigenvalue weighted by Gasteiger charge is 2.45. The Balaban J connectivity index is 1.81. The monoisotopic (exact) mass is 414 g/mol. The molecule has 30 heavy (non-hydrogen) atoms. The Morgan fingerprint density at radius 2 is 1.97 bits per heavy atom. The molecule has 0 amide bonds. The van der Waals surface area contributed by atoms with Crippen LogP contribution >= 0.6 is 0 Å². The number of allylic oxidation sites excluding steroid dienone is 2. The standard InChI is InChI=1S/C25H34O5/c1-15(2)22(27)7-6-16(3)8-20-9-17(4)12-25(29-20)13-19(14-26)21-11-23(28)18(5)10-24(21)30-25/h8,10,12-13,15,20-21,24,26H,6-7,9,11,14H2,1-5H3. The van der Waals surface area contributed by atoms with Crippen LogP contribution < -0.4 is 0 Å². The third-order valence-corrected chi connectivity index (χ3v) is 6.21. The number of carbonyl (C=O) groups excluding carboxylic acids is 2. The molecule has 0 saturated heterocycles. The van der Waals surface area contributed by atoms with Crippen LogP contribution in [0.5, 0.6) is 0 Å². The van der Waals surface area contributed by atoms with Crippen LogP contribution in [0.25, 0.3) is 0 Å². The number of carbonyl (C=O) groups is 2. The van der Waals surface area contributed by atoms with Crippen LogP contribution in [0.4, 0.5) is 0 Å². The van der Waals surface area contributed by atoms with Crippen LogP contribution in [0.1, 0.15) is 60.3 Å². The molecular weight excluding hydrogens is 380 g/mol. The van der Waals surface area contributed by atoms with Crippen molar-refractivity contribution in [1.29, 1.82) is 0 Å². The molecule has 1 N–H and O–H groups in total. The van der Waals surface area contributed by atoms with Gasteiger partial charge < -0.3 is 14.6 Å². The lowest BCUT2D eigenvalue weighted by atomic mass is 9.79. The average Bonchev–Trinajstić information content (AvgIpc) is 2.66. The number of hydrogen-bond acceptors (Lipinski definition) is 5. The number of aliphatic hydroxyl groups excluding tert-OH is 1. The van der Waals surface area contributed by atoms with E-state index >= 15 is 0 Å². The van der Waals surface area contributed by atoms with E-state index in [1.807, 2.05) is 45.9 Å². The summed E-state index contributed by atoms with van der Waals surface area (Å²) in [6.07, 6.45) is 9.65. The molecule has 0 fully saturated rings. The third-order valence-electron chi connectivity index (χ3n) is 6.21. The first kappa shape index (κ1) is 22.9. The molecule has 1 aliphatic carbocycles. The van der Waals surface area contributed by atoms with Crippen molar-refractivity contribution in [2.45, 2.75) is 78.3 Å². The maximum atomic E-state index is 12.1. The lowest BCUT2D eigenvalue weighted by Crippen LogP contribution is -2.49. The summed E-state index contributed by atoms with van der Waals surface area (Å²) in [5, 5.41) is 9.96. The molecule has 4 unspecified atom stereocenters. The minimum Gasteiger partial charge on any atom is -0.392 e. The van der Waals surface area contributed by atoms with E-state index in [2.05, 4.69) is 13.0 Å². The Kier molecular flexibility index (Phi) is 6.95. The van der Waals surface area contributed by atoms with Crippen molar-refractivity contribution < 1.29 is 24.2 Å². The number of ketones is 2. The van der Waals surface area contributed by atoms with E-state index in [1.54, 1.807) is 0 Å². The molecule has 0 radical (unpaired) electrons. The lowest BCUT2D eigenvalue weighted by molar-refractivity contribution is -0.224. The zero-order chi connectivity index (χ0) is 22.1. The summed E-state index contributed by atoms with van der Waals surface area (Å²) in [6, 6.07) is 0.